The molecule has 8 heteroatoms. The van der Waals surface area contributed by atoms with Gasteiger partial charge in [-0.25, -0.2) is 9.59 Å². The number of hydrogen-bond donors (Lipinski definition) is 3. The summed E-state index contributed by atoms with van der Waals surface area (Å²) < 4.78 is 11.4. The third kappa shape index (κ3) is 6.52. The Bertz CT molecular complexity index is 703. The lowest BCUT2D eigenvalue weighted by atomic mass is 10.0. The van der Waals surface area contributed by atoms with E-state index in [-0.39, 0.29) is 22.8 Å². The number of hydrogen-bond acceptors (Lipinski definition) is 5. The molecule has 0 aliphatic carbocycles. The summed E-state index contributed by atoms with van der Waals surface area (Å²) in [6, 6.07) is 3.14. The zero-order valence-corrected chi connectivity index (χ0v) is 17.4. The van der Waals surface area contributed by atoms with E-state index in [1.807, 2.05) is 22.6 Å². The molecule has 0 saturated heterocycles. The number of rotatable bonds is 3. The largest absolute Gasteiger partial charge is 0.456 e. The molecule has 1 aromatic carbocycles. The highest BCUT2D eigenvalue weighted by atomic mass is 127. The highest BCUT2D eigenvalue weighted by Gasteiger charge is 2.30. The van der Waals surface area contributed by atoms with Gasteiger partial charge in [-0.1, -0.05) is 0 Å². The first-order chi connectivity index (χ1) is 11.2. The van der Waals surface area contributed by atoms with Gasteiger partial charge < -0.3 is 20.5 Å². The number of nitrogens with one attached hydrogen (secondary N) is 2. The minimum atomic E-state index is -0.753. The molecule has 0 amide bonds. The summed E-state index contributed by atoms with van der Waals surface area (Å²) in [4.78, 5) is 25.3. The first-order valence-corrected chi connectivity index (χ1v) is 8.69. The molecule has 7 nitrogen and oxygen atoms in total. The lowest BCUT2D eigenvalue weighted by molar-refractivity contribution is 0.00195. The minimum Gasteiger partial charge on any atom is -0.456 e. The van der Waals surface area contributed by atoms with Crippen LogP contribution in [0, 0.1) is 8.98 Å². The molecule has 0 aliphatic heterocycles. The average molecular weight is 461 g/mol. The maximum absolute atomic E-state index is 12.7. The van der Waals surface area contributed by atoms with Gasteiger partial charge in [0.05, 0.1) is 16.8 Å². The van der Waals surface area contributed by atoms with Crippen molar-refractivity contribution in [1.29, 1.82) is 5.41 Å². The summed E-state index contributed by atoms with van der Waals surface area (Å²) in [5.74, 6) is -1.71. The Morgan fingerprint density at radius 2 is 1.52 bits per heavy atom. The quantitative estimate of drug-likeness (QED) is 0.275. The first-order valence-electron chi connectivity index (χ1n) is 7.61. The van der Waals surface area contributed by atoms with Crippen LogP contribution in [0.25, 0.3) is 0 Å². The molecule has 0 fully saturated rings. The lowest BCUT2D eigenvalue weighted by Gasteiger charge is -2.24. The minimum absolute atomic E-state index is 0.00808. The molecule has 0 unspecified atom stereocenters. The van der Waals surface area contributed by atoms with Crippen LogP contribution >= 0.6 is 22.6 Å². The normalized spacial score (nSPS) is 11.6. The molecule has 0 radical (unpaired) electrons. The Morgan fingerprint density at radius 1 is 1.04 bits per heavy atom. The van der Waals surface area contributed by atoms with Gasteiger partial charge >= 0.3 is 11.9 Å². The van der Waals surface area contributed by atoms with E-state index in [0.717, 1.165) is 0 Å². The zero-order chi connectivity index (χ0) is 19.6. The zero-order valence-electron chi connectivity index (χ0n) is 15.2. The summed E-state index contributed by atoms with van der Waals surface area (Å²) in [6.07, 6.45) is 0. The van der Waals surface area contributed by atoms with Crippen LogP contribution in [0.1, 0.15) is 62.3 Å². The highest BCUT2D eigenvalue weighted by molar-refractivity contribution is 14.1. The number of guanidine groups is 1. The van der Waals surface area contributed by atoms with E-state index < -0.39 is 23.1 Å². The van der Waals surface area contributed by atoms with Crippen LogP contribution in [-0.2, 0) is 9.47 Å². The van der Waals surface area contributed by atoms with Crippen LogP contribution in [0.15, 0.2) is 12.1 Å². The Hall–Kier alpha value is -1.84. The molecule has 0 heterocycles. The van der Waals surface area contributed by atoms with Crippen molar-refractivity contribution in [3.8, 4) is 0 Å². The third-order valence-corrected chi connectivity index (χ3v) is 3.53. The van der Waals surface area contributed by atoms with Crippen LogP contribution in [0.5, 0.6) is 0 Å². The second-order valence-corrected chi connectivity index (χ2v) is 8.55. The van der Waals surface area contributed by atoms with Gasteiger partial charge in [-0.3, -0.25) is 5.41 Å². The van der Waals surface area contributed by atoms with Gasteiger partial charge in [0.1, 0.15) is 11.2 Å². The molecular weight excluding hydrogens is 437 g/mol. The maximum Gasteiger partial charge on any atom is 0.341 e. The first kappa shape index (κ1) is 21.2. The molecule has 0 aromatic heterocycles. The SMILES string of the molecule is CC(C)(C)OC(=O)c1ccc(I)c(NC(=N)N)c1C(=O)OC(C)(C)C. The number of carbonyl (C=O) groups is 2. The van der Waals surface area contributed by atoms with Crippen LogP contribution in [0.3, 0.4) is 0 Å². The van der Waals surface area contributed by atoms with E-state index in [1.54, 1.807) is 47.6 Å². The van der Waals surface area contributed by atoms with E-state index >= 15 is 0 Å². The van der Waals surface area contributed by atoms with Crippen molar-refractivity contribution < 1.29 is 19.1 Å². The van der Waals surface area contributed by atoms with Gasteiger partial charge in [-0.05, 0) is 76.3 Å². The molecule has 0 atom stereocenters. The monoisotopic (exact) mass is 461 g/mol. The topological polar surface area (TPSA) is 115 Å². The lowest BCUT2D eigenvalue weighted by Crippen LogP contribution is -2.30. The summed E-state index contributed by atoms with van der Waals surface area (Å²) in [5.41, 5.74) is 4.23. The van der Waals surface area contributed by atoms with Crippen molar-refractivity contribution in [2.24, 2.45) is 5.73 Å². The van der Waals surface area contributed by atoms with Crippen molar-refractivity contribution in [1.82, 2.24) is 0 Å². The predicted octanol–water partition coefficient (Wildman–Crippen LogP) is 3.51. The van der Waals surface area contributed by atoms with E-state index in [0.29, 0.717) is 3.57 Å². The highest BCUT2D eigenvalue weighted by Crippen LogP contribution is 2.30. The predicted molar refractivity (Wildman–Crippen MR) is 105 cm³/mol. The molecule has 1 aromatic rings. The summed E-state index contributed by atoms with van der Waals surface area (Å²) in [7, 11) is 0. The van der Waals surface area contributed by atoms with Crippen LogP contribution in [0.2, 0.25) is 0 Å². The van der Waals surface area contributed by atoms with Crippen molar-refractivity contribution in [3.05, 3.63) is 26.8 Å². The van der Waals surface area contributed by atoms with Gasteiger partial charge in [0.25, 0.3) is 0 Å². The molecule has 4 N–H and O–H groups in total. The maximum atomic E-state index is 12.7. The summed E-state index contributed by atoms with van der Waals surface area (Å²) >= 11 is 1.98. The van der Waals surface area contributed by atoms with Gasteiger partial charge in [0.2, 0.25) is 0 Å². The number of anilines is 1. The smallest absolute Gasteiger partial charge is 0.341 e. The van der Waals surface area contributed by atoms with Crippen molar-refractivity contribution in [2.75, 3.05) is 5.32 Å². The molecule has 0 spiro atoms. The summed E-state index contributed by atoms with van der Waals surface area (Å²) in [5, 5.41) is 10.1. The number of halogens is 1. The summed E-state index contributed by atoms with van der Waals surface area (Å²) in [6.45, 7) is 10.4. The van der Waals surface area contributed by atoms with Gasteiger partial charge in [-0.15, -0.1) is 0 Å². The second kappa shape index (κ2) is 7.59. The molecule has 138 valence electrons. The van der Waals surface area contributed by atoms with E-state index in [2.05, 4.69) is 5.32 Å². The Balaban J connectivity index is 3.53. The Kier molecular flexibility index (Phi) is 6.44. The van der Waals surface area contributed by atoms with E-state index in [1.165, 1.54) is 6.07 Å². The molecule has 0 bridgehead atoms. The Labute approximate surface area is 161 Å². The molecule has 0 saturated carbocycles. The number of benzene rings is 1. The van der Waals surface area contributed by atoms with Gasteiger partial charge in [0.15, 0.2) is 5.96 Å². The molecule has 1 rings (SSSR count). The second-order valence-electron chi connectivity index (χ2n) is 7.39. The van der Waals surface area contributed by atoms with Crippen molar-refractivity contribution in [3.63, 3.8) is 0 Å². The van der Waals surface area contributed by atoms with Crippen molar-refractivity contribution >= 4 is 46.2 Å². The van der Waals surface area contributed by atoms with Crippen LogP contribution in [-0.4, -0.2) is 29.1 Å². The van der Waals surface area contributed by atoms with E-state index in [9.17, 15) is 9.59 Å². The number of nitrogens with two attached hydrogens (primary N) is 1. The fraction of sp³-hybridized carbons (Fsp3) is 0.471. The van der Waals surface area contributed by atoms with Crippen molar-refractivity contribution in [2.45, 2.75) is 52.7 Å². The van der Waals surface area contributed by atoms with Gasteiger partial charge in [0, 0.05) is 3.57 Å². The Morgan fingerprint density at radius 3 is 1.96 bits per heavy atom. The number of esters is 2. The fourth-order valence-electron chi connectivity index (χ4n) is 1.88. The van der Waals surface area contributed by atoms with Crippen LogP contribution < -0.4 is 11.1 Å². The van der Waals surface area contributed by atoms with Crippen LogP contribution in [0.4, 0.5) is 5.69 Å². The molecule has 25 heavy (non-hydrogen) atoms. The standard InChI is InChI=1S/C17H24IN3O4/c1-16(2,3)24-13(22)9-7-8-10(18)12(21-15(19)20)11(9)14(23)25-17(4,5)6/h7-8H,1-6H3,(H4,19,20,21). The van der Waals surface area contributed by atoms with Gasteiger partial charge in [-0.2, -0.15) is 0 Å². The van der Waals surface area contributed by atoms with E-state index in [4.69, 9.17) is 20.6 Å². The number of ether oxygens (including phenoxy) is 2. The third-order valence-electron chi connectivity index (χ3n) is 2.64. The molecular formula is C17H24IN3O4. The molecule has 0 aliphatic rings. The fourth-order valence-corrected chi connectivity index (χ4v) is 2.46. The average Bonchev–Trinajstić information content (AvgIpc) is 2.35. The number of carbonyl (C=O) groups excluding carboxylic acids is 2.